The van der Waals surface area contributed by atoms with Crippen molar-refractivity contribution in [1.82, 2.24) is 0 Å². The number of hydrogen-bond donors (Lipinski definition) is 2. The lowest BCUT2D eigenvalue weighted by atomic mass is 9.74. The first-order chi connectivity index (χ1) is 8.85. The fourth-order valence-corrected chi connectivity index (χ4v) is 2.80. The van der Waals surface area contributed by atoms with Gasteiger partial charge in [0, 0.05) is 16.8 Å². The third-order valence-electron chi connectivity index (χ3n) is 4.09. The maximum absolute atomic E-state index is 6.23. The lowest BCUT2D eigenvalue weighted by molar-refractivity contribution is 0.638. The topological polar surface area (TPSA) is 52.0 Å². The highest BCUT2D eigenvalue weighted by Gasteiger charge is 2.28. The van der Waals surface area contributed by atoms with Gasteiger partial charge in [0.15, 0.2) is 0 Å². The third-order valence-corrected chi connectivity index (χ3v) is 4.09. The highest BCUT2D eigenvalue weighted by Crippen LogP contribution is 2.39. The van der Waals surface area contributed by atoms with Crippen molar-refractivity contribution in [2.75, 3.05) is 11.5 Å². The quantitative estimate of drug-likeness (QED) is 0.801. The Morgan fingerprint density at radius 3 is 2.00 bits per heavy atom. The van der Waals surface area contributed by atoms with Gasteiger partial charge in [-0.15, -0.1) is 0 Å². The van der Waals surface area contributed by atoms with Crippen molar-refractivity contribution in [1.29, 1.82) is 0 Å². The molecule has 2 aromatic rings. The highest BCUT2D eigenvalue weighted by atomic mass is 14.6. The van der Waals surface area contributed by atoms with Crippen molar-refractivity contribution >= 4 is 11.4 Å². The molecule has 2 aromatic carbocycles. The number of benzene rings is 2. The van der Waals surface area contributed by atoms with Gasteiger partial charge in [-0.25, -0.2) is 0 Å². The van der Waals surface area contributed by atoms with Crippen LogP contribution in [0.4, 0.5) is 11.4 Å². The molecule has 0 unspecified atom stereocenters. The summed E-state index contributed by atoms with van der Waals surface area (Å²) in [6.07, 6.45) is 0. The zero-order chi connectivity index (χ0) is 14.2. The van der Waals surface area contributed by atoms with Crippen molar-refractivity contribution in [2.45, 2.75) is 33.1 Å². The molecule has 4 N–H and O–H groups in total. The van der Waals surface area contributed by atoms with E-state index < -0.39 is 0 Å². The molecule has 0 aliphatic rings. The van der Waals surface area contributed by atoms with E-state index in [2.05, 4.69) is 52.0 Å². The first-order valence-corrected chi connectivity index (χ1v) is 6.57. The zero-order valence-electron chi connectivity index (χ0n) is 12.1. The SMILES string of the molecule is Cc1c(N)cc(N)c(C(C)(C)c2ccccc2)c1C. The molecule has 0 radical (unpaired) electrons. The first-order valence-electron chi connectivity index (χ1n) is 6.57. The molecule has 0 aliphatic heterocycles. The van der Waals surface area contributed by atoms with Crippen molar-refractivity contribution in [3.63, 3.8) is 0 Å². The van der Waals surface area contributed by atoms with Crippen LogP contribution in [0, 0.1) is 13.8 Å². The maximum atomic E-state index is 6.23. The molecule has 100 valence electrons. The monoisotopic (exact) mass is 254 g/mol. The minimum absolute atomic E-state index is 0.131. The van der Waals surface area contributed by atoms with Gasteiger partial charge in [-0.1, -0.05) is 44.2 Å². The Balaban J connectivity index is 2.68. The van der Waals surface area contributed by atoms with Crippen LogP contribution in [0.2, 0.25) is 0 Å². The molecule has 0 saturated heterocycles. The van der Waals surface area contributed by atoms with Gasteiger partial charge >= 0.3 is 0 Å². The number of rotatable bonds is 2. The molecule has 19 heavy (non-hydrogen) atoms. The van der Waals surface area contributed by atoms with Crippen LogP contribution in [0.5, 0.6) is 0 Å². The van der Waals surface area contributed by atoms with Gasteiger partial charge in [0.25, 0.3) is 0 Å². The van der Waals surface area contributed by atoms with Crippen LogP contribution in [0.1, 0.15) is 36.1 Å². The summed E-state index contributed by atoms with van der Waals surface area (Å²) in [5.41, 5.74) is 18.4. The predicted octanol–water partition coefficient (Wildman–Crippen LogP) is 3.79. The van der Waals surface area contributed by atoms with Gasteiger partial charge in [-0.05, 0) is 42.2 Å². The lowest BCUT2D eigenvalue weighted by Gasteiger charge is -2.30. The Kier molecular flexibility index (Phi) is 3.27. The Labute approximate surface area is 115 Å². The molecular weight excluding hydrogens is 232 g/mol. The Morgan fingerprint density at radius 1 is 0.842 bits per heavy atom. The summed E-state index contributed by atoms with van der Waals surface area (Å²) in [5, 5.41) is 0. The molecule has 0 aliphatic carbocycles. The largest absolute Gasteiger partial charge is 0.398 e. The van der Waals surface area contributed by atoms with E-state index >= 15 is 0 Å². The van der Waals surface area contributed by atoms with Gasteiger partial charge in [0.05, 0.1) is 0 Å². The number of nitrogen functional groups attached to an aromatic ring is 2. The second kappa shape index (κ2) is 4.61. The molecule has 0 fully saturated rings. The predicted molar refractivity (Wildman–Crippen MR) is 83.3 cm³/mol. The van der Waals surface area contributed by atoms with Gasteiger partial charge in [-0.3, -0.25) is 0 Å². The van der Waals surface area contributed by atoms with Crippen molar-refractivity contribution in [3.8, 4) is 0 Å². The minimum Gasteiger partial charge on any atom is -0.398 e. The summed E-state index contributed by atoms with van der Waals surface area (Å²) in [7, 11) is 0. The molecule has 0 amide bonds. The molecule has 2 rings (SSSR count). The summed E-state index contributed by atoms with van der Waals surface area (Å²) in [6.45, 7) is 8.56. The molecule has 0 spiro atoms. The normalized spacial score (nSPS) is 11.6. The number of nitrogens with two attached hydrogens (primary N) is 2. The number of anilines is 2. The number of hydrogen-bond acceptors (Lipinski definition) is 2. The van der Waals surface area contributed by atoms with Crippen LogP contribution in [-0.2, 0) is 5.41 Å². The zero-order valence-corrected chi connectivity index (χ0v) is 12.1. The van der Waals surface area contributed by atoms with E-state index in [9.17, 15) is 0 Å². The molecule has 0 atom stereocenters. The van der Waals surface area contributed by atoms with Gasteiger partial charge in [0.1, 0.15) is 0 Å². The summed E-state index contributed by atoms with van der Waals surface area (Å²) in [6, 6.07) is 12.3. The van der Waals surface area contributed by atoms with Crippen molar-refractivity contribution in [2.24, 2.45) is 0 Å². The molecule has 0 bridgehead atoms. The fraction of sp³-hybridized carbons (Fsp3) is 0.294. The molecular formula is C17H22N2. The Hall–Kier alpha value is -1.96. The molecule has 0 aromatic heterocycles. The minimum atomic E-state index is -0.131. The highest BCUT2D eigenvalue weighted by molar-refractivity contribution is 5.68. The summed E-state index contributed by atoms with van der Waals surface area (Å²) < 4.78 is 0. The second-order valence-corrected chi connectivity index (χ2v) is 5.67. The Morgan fingerprint density at radius 2 is 1.42 bits per heavy atom. The smallest absolute Gasteiger partial charge is 0.0379 e. The molecule has 0 saturated carbocycles. The van der Waals surface area contributed by atoms with E-state index in [1.54, 1.807) is 0 Å². The molecule has 0 heterocycles. The first kappa shape index (κ1) is 13.5. The lowest BCUT2D eigenvalue weighted by Crippen LogP contribution is -2.23. The summed E-state index contributed by atoms with van der Waals surface area (Å²) >= 11 is 0. The van der Waals surface area contributed by atoms with Gasteiger partial charge < -0.3 is 11.5 Å². The van der Waals surface area contributed by atoms with E-state index in [0.29, 0.717) is 0 Å². The molecule has 2 nitrogen and oxygen atoms in total. The summed E-state index contributed by atoms with van der Waals surface area (Å²) in [4.78, 5) is 0. The molecule has 2 heteroatoms. The van der Waals surface area contributed by atoms with E-state index in [1.807, 2.05) is 12.1 Å². The Bertz CT molecular complexity index is 598. The van der Waals surface area contributed by atoms with Crippen LogP contribution in [-0.4, -0.2) is 0 Å². The average molecular weight is 254 g/mol. The van der Waals surface area contributed by atoms with Gasteiger partial charge in [0.2, 0.25) is 0 Å². The summed E-state index contributed by atoms with van der Waals surface area (Å²) in [5.74, 6) is 0. The third kappa shape index (κ3) is 2.19. The second-order valence-electron chi connectivity index (χ2n) is 5.67. The van der Waals surface area contributed by atoms with Crippen LogP contribution in [0.15, 0.2) is 36.4 Å². The van der Waals surface area contributed by atoms with Gasteiger partial charge in [-0.2, -0.15) is 0 Å². The van der Waals surface area contributed by atoms with E-state index in [1.165, 1.54) is 16.7 Å². The van der Waals surface area contributed by atoms with E-state index in [-0.39, 0.29) is 5.41 Å². The fourth-order valence-electron chi connectivity index (χ4n) is 2.80. The van der Waals surface area contributed by atoms with Crippen LogP contribution in [0.25, 0.3) is 0 Å². The average Bonchev–Trinajstić information content (AvgIpc) is 2.37. The van der Waals surface area contributed by atoms with Crippen LogP contribution in [0.3, 0.4) is 0 Å². The van der Waals surface area contributed by atoms with E-state index in [0.717, 1.165) is 16.9 Å². The van der Waals surface area contributed by atoms with Crippen molar-refractivity contribution in [3.05, 3.63) is 58.7 Å². The van der Waals surface area contributed by atoms with Crippen LogP contribution >= 0.6 is 0 Å². The van der Waals surface area contributed by atoms with Crippen LogP contribution < -0.4 is 11.5 Å². The van der Waals surface area contributed by atoms with Crippen molar-refractivity contribution < 1.29 is 0 Å². The van der Waals surface area contributed by atoms with E-state index in [4.69, 9.17) is 11.5 Å². The maximum Gasteiger partial charge on any atom is 0.0379 e. The standard InChI is InChI=1S/C17H22N2/c1-11-12(2)16(15(19)10-14(11)18)17(3,4)13-8-6-5-7-9-13/h5-10H,18-19H2,1-4H3.